The highest BCUT2D eigenvalue weighted by molar-refractivity contribution is 5.47. The number of hydrogen-bond acceptors (Lipinski definition) is 6. The molecule has 0 aliphatic carbocycles. The number of methoxy groups -OCH3 is 3. The Morgan fingerprint density at radius 3 is 1.57 bits per heavy atom. The third-order valence-corrected chi connectivity index (χ3v) is 6.84. The molecule has 6 heteroatoms. The van der Waals surface area contributed by atoms with Crippen molar-refractivity contribution < 1.29 is 28.8 Å². The predicted molar refractivity (Wildman–Crippen MR) is 133 cm³/mol. The second-order valence-corrected chi connectivity index (χ2v) is 8.90. The van der Waals surface area contributed by atoms with Crippen LogP contribution in [0.25, 0.3) is 0 Å². The summed E-state index contributed by atoms with van der Waals surface area (Å²) in [5.74, 6) is 0. The highest BCUT2D eigenvalue weighted by atomic mass is 16.7. The van der Waals surface area contributed by atoms with Crippen LogP contribution in [0.4, 0.5) is 0 Å². The lowest BCUT2D eigenvalue weighted by Gasteiger charge is -2.49. The normalized spacial score (nSPS) is 27.0. The maximum Gasteiger partial charge on any atom is 0.186 e. The third-order valence-electron chi connectivity index (χ3n) is 6.84. The van der Waals surface area contributed by atoms with Gasteiger partial charge < -0.3 is 28.8 Å². The van der Waals surface area contributed by atoms with Crippen LogP contribution in [0.3, 0.4) is 0 Å². The van der Waals surface area contributed by atoms with Gasteiger partial charge in [-0.05, 0) is 23.6 Å². The third kappa shape index (κ3) is 4.78. The van der Waals surface area contributed by atoms with Crippen LogP contribution in [-0.2, 0) is 29.3 Å². The van der Waals surface area contributed by atoms with Gasteiger partial charge in [0.1, 0.15) is 29.5 Å². The van der Waals surface area contributed by atoms with Gasteiger partial charge in [0.05, 0.1) is 6.61 Å². The van der Waals surface area contributed by atoms with E-state index in [9.17, 15) is 5.11 Å². The molecule has 1 aliphatic heterocycles. The Morgan fingerprint density at radius 2 is 1.20 bits per heavy atom. The SMILES string of the molecule is CO[C@@H]1O[C@H](COC(c2ccccc2)(c2ccccc2)c2ccccc2)[C@@](C)(O)[C@H](OC)[C@H]1OC. The highest BCUT2D eigenvalue weighted by Crippen LogP contribution is 2.42. The van der Waals surface area contributed by atoms with E-state index in [1.165, 1.54) is 0 Å². The molecule has 4 rings (SSSR count). The van der Waals surface area contributed by atoms with Gasteiger partial charge in [-0.1, -0.05) is 91.0 Å². The minimum Gasteiger partial charge on any atom is -0.385 e. The smallest absolute Gasteiger partial charge is 0.186 e. The van der Waals surface area contributed by atoms with Crippen LogP contribution in [-0.4, -0.2) is 63.2 Å². The lowest BCUT2D eigenvalue weighted by atomic mass is 9.79. The summed E-state index contributed by atoms with van der Waals surface area (Å²) in [6.45, 7) is 1.75. The van der Waals surface area contributed by atoms with Crippen LogP contribution in [0, 0.1) is 0 Å². The van der Waals surface area contributed by atoms with Gasteiger partial charge in [0.25, 0.3) is 0 Å². The molecule has 0 amide bonds. The molecule has 0 unspecified atom stereocenters. The van der Waals surface area contributed by atoms with Crippen molar-refractivity contribution in [3.05, 3.63) is 108 Å². The van der Waals surface area contributed by atoms with E-state index in [1.54, 1.807) is 28.3 Å². The first-order valence-electron chi connectivity index (χ1n) is 11.8. The van der Waals surface area contributed by atoms with Crippen LogP contribution in [0.1, 0.15) is 23.6 Å². The van der Waals surface area contributed by atoms with Gasteiger partial charge in [-0.25, -0.2) is 0 Å². The maximum atomic E-state index is 11.6. The highest BCUT2D eigenvalue weighted by Gasteiger charge is 2.54. The number of rotatable bonds is 9. The molecule has 0 saturated carbocycles. The summed E-state index contributed by atoms with van der Waals surface area (Å²) in [5.41, 5.74) is 0.560. The Balaban J connectivity index is 1.79. The summed E-state index contributed by atoms with van der Waals surface area (Å²) < 4.78 is 29.8. The van der Waals surface area contributed by atoms with Gasteiger partial charge in [-0.3, -0.25) is 0 Å². The summed E-state index contributed by atoms with van der Waals surface area (Å²) in [5, 5.41) is 11.6. The van der Waals surface area contributed by atoms with Crippen molar-refractivity contribution in [3.8, 4) is 0 Å². The summed E-state index contributed by atoms with van der Waals surface area (Å²) in [7, 11) is 4.64. The van der Waals surface area contributed by atoms with Gasteiger partial charge in [0.15, 0.2) is 6.29 Å². The summed E-state index contributed by atoms with van der Waals surface area (Å²) in [6, 6.07) is 30.2. The Hall–Kier alpha value is -2.58. The Labute approximate surface area is 207 Å². The van der Waals surface area contributed by atoms with Crippen LogP contribution in [0.2, 0.25) is 0 Å². The predicted octanol–water partition coefficient (Wildman–Crippen LogP) is 4.15. The topological polar surface area (TPSA) is 66.4 Å². The van der Waals surface area contributed by atoms with E-state index < -0.39 is 35.8 Å². The van der Waals surface area contributed by atoms with E-state index in [0.29, 0.717) is 0 Å². The van der Waals surface area contributed by atoms with Gasteiger partial charge in [0.2, 0.25) is 0 Å². The average molecular weight is 479 g/mol. The second-order valence-electron chi connectivity index (χ2n) is 8.90. The minimum atomic E-state index is -1.40. The molecular formula is C29H34O6. The Morgan fingerprint density at radius 1 is 0.743 bits per heavy atom. The van der Waals surface area contributed by atoms with Gasteiger partial charge >= 0.3 is 0 Å². The first-order valence-corrected chi connectivity index (χ1v) is 11.8. The van der Waals surface area contributed by atoms with Gasteiger partial charge in [-0.15, -0.1) is 0 Å². The monoisotopic (exact) mass is 478 g/mol. The molecular weight excluding hydrogens is 444 g/mol. The molecule has 35 heavy (non-hydrogen) atoms. The zero-order chi connectivity index (χ0) is 24.9. The largest absolute Gasteiger partial charge is 0.385 e. The van der Waals surface area contributed by atoms with E-state index in [2.05, 4.69) is 36.4 Å². The molecule has 1 N–H and O–H groups in total. The molecule has 186 valence electrons. The first-order chi connectivity index (χ1) is 17.0. The van der Waals surface area contributed by atoms with E-state index in [4.69, 9.17) is 23.7 Å². The van der Waals surface area contributed by atoms with Crippen molar-refractivity contribution in [2.45, 2.75) is 42.7 Å². The zero-order valence-corrected chi connectivity index (χ0v) is 20.7. The molecule has 3 aromatic carbocycles. The molecule has 1 fully saturated rings. The van der Waals surface area contributed by atoms with Crippen molar-refractivity contribution in [1.82, 2.24) is 0 Å². The molecule has 0 aromatic heterocycles. The lowest BCUT2D eigenvalue weighted by molar-refractivity contribution is -0.333. The zero-order valence-electron chi connectivity index (χ0n) is 20.7. The molecule has 5 atom stereocenters. The number of benzene rings is 3. The molecule has 0 bridgehead atoms. The van der Waals surface area contributed by atoms with E-state index >= 15 is 0 Å². The van der Waals surface area contributed by atoms with Gasteiger partial charge in [0, 0.05) is 21.3 Å². The molecule has 3 aromatic rings. The maximum absolute atomic E-state index is 11.6. The molecule has 1 saturated heterocycles. The summed E-state index contributed by atoms with van der Waals surface area (Å²) >= 11 is 0. The van der Waals surface area contributed by atoms with E-state index in [-0.39, 0.29) is 6.61 Å². The fraction of sp³-hybridized carbons (Fsp3) is 0.379. The Bertz CT molecular complexity index is 944. The van der Waals surface area contributed by atoms with Gasteiger partial charge in [-0.2, -0.15) is 0 Å². The fourth-order valence-electron chi connectivity index (χ4n) is 5.01. The van der Waals surface area contributed by atoms with Crippen molar-refractivity contribution in [2.75, 3.05) is 27.9 Å². The molecule has 6 nitrogen and oxygen atoms in total. The molecule has 1 aliphatic rings. The van der Waals surface area contributed by atoms with Crippen molar-refractivity contribution in [2.24, 2.45) is 0 Å². The molecule has 1 heterocycles. The summed E-state index contributed by atoms with van der Waals surface area (Å²) in [6.07, 6.45) is -2.75. The van der Waals surface area contributed by atoms with Crippen LogP contribution in [0.5, 0.6) is 0 Å². The Kier molecular flexibility index (Phi) is 8.02. The van der Waals surface area contributed by atoms with Crippen LogP contribution in [0.15, 0.2) is 91.0 Å². The van der Waals surface area contributed by atoms with E-state index in [1.807, 2.05) is 54.6 Å². The lowest BCUT2D eigenvalue weighted by Crippen LogP contribution is -2.67. The average Bonchev–Trinajstić information content (AvgIpc) is 2.91. The minimum absolute atomic E-state index is 0.0713. The van der Waals surface area contributed by atoms with Crippen molar-refractivity contribution in [1.29, 1.82) is 0 Å². The fourth-order valence-corrected chi connectivity index (χ4v) is 5.01. The number of hydrogen-bond donors (Lipinski definition) is 1. The standard InChI is InChI=1S/C29H34O6/c1-28(30)24(35-27(33-4)25(31-2)26(28)32-3)20-34-29(21-14-8-5-9-15-21,22-16-10-6-11-17-22)23-18-12-7-13-19-23/h5-19,24-27,30H,20H2,1-4H3/t24-,25-,26-,27-,28-/m1/s1. The second kappa shape index (κ2) is 11.0. The number of aliphatic hydroxyl groups is 1. The quantitative estimate of drug-likeness (QED) is 0.466. The summed E-state index contributed by atoms with van der Waals surface area (Å²) in [4.78, 5) is 0. The first kappa shape index (κ1) is 25.5. The van der Waals surface area contributed by atoms with Crippen LogP contribution >= 0.6 is 0 Å². The molecule has 0 radical (unpaired) electrons. The van der Waals surface area contributed by atoms with E-state index in [0.717, 1.165) is 16.7 Å². The number of ether oxygens (including phenoxy) is 5. The van der Waals surface area contributed by atoms with Crippen molar-refractivity contribution >= 4 is 0 Å². The molecule has 0 spiro atoms. The van der Waals surface area contributed by atoms with Crippen molar-refractivity contribution in [3.63, 3.8) is 0 Å². The van der Waals surface area contributed by atoms with Crippen LogP contribution < -0.4 is 0 Å².